The molecule has 5 nitrogen and oxygen atoms in total. The molecule has 0 spiro atoms. The maximum absolute atomic E-state index is 13.9. The molecule has 0 saturated carbocycles. The fourth-order valence-corrected chi connectivity index (χ4v) is 3.32. The van der Waals surface area contributed by atoms with Crippen molar-refractivity contribution in [3.63, 3.8) is 0 Å². The van der Waals surface area contributed by atoms with Gasteiger partial charge in [-0.25, -0.2) is 13.2 Å². The number of nitrogens with zero attached hydrogens (tertiary/aromatic N) is 3. The Morgan fingerprint density at radius 1 is 1.07 bits per heavy atom. The summed E-state index contributed by atoms with van der Waals surface area (Å²) in [7, 11) is 0. The van der Waals surface area contributed by atoms with Crippen molar-refractivity contribution >= 4 is 5.91 Å². The van der Waals surface area contributed by atoms with E-state index in [0.717, 1.165) is 25.0 Å². The lowest BCUT2D eigenvalue weighted by Crippen LogP contribution is -2.39. The van der Waals surface area contributed by atoms with Crippen molar-refractivity contribution in [3.8, 4) is 11.4 Å². The predicted molar refractivity (Wildman–Crippen MR) is 93.9 cm³/mol. The third-order valence-electron chi connectivity index (χ3n) is 4.76. The SMILES string of the molecule is O=C(c1ccc(F)cc1)N1CCCC(c2nc(-c3ccc(F)cc3F)no2)C1. The number of carbonyl (C=O) groups is 1. The highest BCUT2D eigenvalue weighted by molar-refractivity contribution is 5.94. The third-order valence-corrected chi connectivity index (χ3v) is 4.76. The fraction of sp³-hybridized carbons (Fsp3) is 0.250. The minimum atomic E-state index is -0.774. The maximum atomic E-state index is 13.9. The Hall–Kier alpha value is -3.16. The molecule has 0 aliphatic carbocycles. The number of hydrogen-bond acceptors (Lipinski definition) is 4. The van der Waals surface area contributed by atoms with Gasteiger partial charge >= 0.3 is 0 Å². The van der Waals surface area contributed by atoms with Crippen molar-refractivity contribution in [2.45, 2.75) is 18.8 Å². The molecule has 0 radical (unpaired) electrons. The first-order valence-corrected chi connectivity index (χ1v) is 8.85. The molecule has 1 atom stereocenters. The van der Waals surface area contributed by atoms with Gasteiger partial charge in [-0.3, -0.25) is 4.79 Å². The van der Waals surface area contributed by atoms with Crippen LogP contribution in [0.3, 0.4) is 0 Å². The molecule has 1 aliphatic heterocycles. The summed E-state index contributed by atoms with van der Waals surface area (Å²) in [5.74, 6) is -1.92. The van der Waals surface area contributed by atoms with Crippen molar-refractivity contribution in [2.24, 2.45) is 0 Å². The van der Waals surface area contributed by atoms with Gasteiger partial charge in [-0.1, -0.05) is 5.16 Å². The van der Waals surface area contributed by atoms with Gasteiger partial charge in [-0.15, -0.1) is 0 Å². The highest BCUT2D eigenvalue weighted by atomic mass is 19.1. The van der Waals surface area contributed by atoms with E-state index in [2.05, 4.69) is 10.1 Å². The molecule has 8 heteroatoms. The topological polar surface area (TPSA) is 59.2 Å². The summed E-state index contributed by atoms with van der Waals surface area (Å²) >= 11 is 0. The van der Waals surface area contributed by atoms with Gasteiger partial charge in [0.1, 0.15) is 17.5 Å². The number of carbonyl (C=O) groups excluding carboxylic acids is 1. The summed E-state index contributed by atoms with van der Waals surface area (Å²) in [5, 5.41) is 3.80. The van der Waals surface area contributed by atoms with Crippen LogP contribution >= 0.6 is 0 Å². The Kier molecular flexibility index (Phi) is 4.85. The molecule has 3 aromatic rings. The Morgan fingerprint density at radius 2 is 1.82 bits per heavy atom. The zero-order valence-corrected chi connectivity index (χ0v) is 14.7. The second-order valence-electron chi connectivity index (χ2n) is 6.68. The number of piperidine rings is 1. The van der Waals surface area contributed by atoms with E-state index >= 15 is 0 Å². The van der Waals surface area contributed by atoms with E-state index in [1.807, 2.05) is 0 Å². The van der Waals surface area contributed by atoms with Gasteiger partial charge in [0.25, 0.3) is 5.91 Å². The van der Waals surface area contributed by atoms with Gasteiger partial charge in [-0.2, -0.15) is 4.98 Å². The molecule has 144 valence electrons. The van der Waals surface area contributed by atoms with E-state index in [0.29, 0.717) is 24.5 Å². The molecule has 1 aromatic heterocycles. The largest absolute Gasteiger partial charge is 0.339 e. The van der Waals surface area contributed by atoms with Crippen LogP contribution in [0.15, 0.2) is 47.0 Å². The summed E-state index contributed by atoms with van der Waals surface area (Å²) in [5.41, 5.74) is 0.452. The number of rotatable bonds is 3. The van der Waals surface area contributed by atoms with Crippen LogP contribution in [0.2, 0.25) is 0 Å². The van der Waals surface area contributed by atoms with Crippen molar-refractivity contribution in [3.05, 3.63) is 71.4 Å². The lowest BCUT2D eigenvalue weighted by Gasteiger charge is -2.31. The molecular formula is C20H16F3N3O2. The quantitative estimate of drug-likeness (QED) is 0.677. The molecule has 1 unspecified atom stereocenters. The average molecular weight is 387 g/mol. The second-order valence-corrected chi connectivity index (χ2v) is 6.68. The Labute approximate surface area is 158 Å². The zero-order chi connectivity index (χ0) is 19.7. The van der Waals surface area contributed by atoms with Crippen LogP contribution in [0.25, 0.3) is 11.4 Å². The number of aromatic nitrogens is 2. The second kappa shape index (κ2) is 7.46. The van der Waals surface area contributed by atoms with Gasteiger partial charge in [0.2, 0.25) is 11.7 Å². The van der Waals surface area contributed by atoms with Gasteiger partial charge in [0.05, 0.1) is 11.5 Å². The Morgan fingerprint density at radius 3 is 2.57 bits per heavy atom. The molecule has 2 heterocycles. The van der Waals surface area contributed by atoms with Crippen molar-refractivity contribution in [2.75, 3.05) is 13.1 Å². The minimum absolute atomic E-state index is 0.0366. The van der Waals surface area contributed by atoms with E-state index < -0.39 is 17.5 Å². The first kappa shape index (κ1) is 18.2. The van der Waals surface area contributed by atoms with Gasteiger partial charge in [-0.05, 0) is 49.2 Å². The van der Waals surface area contributed by atoms with Crippen LogP contribution in [-0.4, -0.2) is 34.0 Å². The molecule has 28 heavy (non-hydrogen) atoms. The van der Waals surface area contributed by atoms with Crippen LogP contribution in [0.4, 0.5) is 13.2 Å². The van der Waals surface area contributed by atoms with Crippen LogP contribution in [-0.2, 0) is 0 Å². The lowest BCUT2D eigenvalue weighted by atomic mass is 9.97. The number of likely N-dealkylation sites (tertiary alicyclic amines) is 1. The van der Waals surface area contributed by atoms with E-state index in [1.165, 1.54) is 30.3 Å². The standard InChI is InChI=1S/C20H16F3N3O2/c21-14-5-3-12(4-6-14)20(27)26-9-1-2-13(11-26)19-24-18(25-28-19)16-8-7-15(22)10-17(16)23/h3-8,10,13H,1-2,9,11H2. The highest BCUT2D eigenvalue weighted by Crippen LogP contribution is 2.29. The summed E-state index contributed by atoms with van der Waals surface area (Å²) in [6.07, 6.45) is 1.47. The van der Waals surface area contributed by atoms with Crippen LogP contribution in [0.5, 0.6) is 0 Å². The number of amides is 1. The van der Waals surface area contributed by atoms with E-state index in [4.69, 9.17) is 4.52 Å². The van der Waals surface area contributed by atoms with Gasteiger partial charge in [0, 0.05) is 24.7 Å². The van der Waals surface area contributed by atoms with Crippen molar-refractivity contribution in [1.82, 2.24) is 15.0 Å². The third kappa shape index (κ3) is 3.62. The normalized spacial score (nSPS) is 17.0. The summed E-state index contributed by atoms with van der Waals surface area (Å²) in [6, 6.07) is 8.52. The molecule has 2 aromatic carbocycles. The van der Waals surface area contributed by atoms with E-state index in [1.54, 1.807) is 4.90 Å². The number of benzene rings is 2. The van der Waals surface area contributed by atoms with Crippen molar-refractivity contribution in [1.29, 1.82) is 0 Å². The summed E-state index contributed by atoms with van der Waals surface area (Å²) in [4.78, 5) is 18.5. The Bertz CT molecular complexity index is 1000. The molecule has 1 aliphatic rings. The molecule has 1 saturated heterocycles. The predicted octanol–water partition coefficient (Wildman–Crippen LogP) is 4.17. The smallest absolute Gasteiger partial charge is 0.253 e. The lowest BCUT2D eigenvalue weighted by molar-refractivity contribution is 0.0695. The van der Waals surface area contributed by atoms with Crippen LogP contribution in [0, 0.1) is 17.5 Å². The molecule has 1 amide bonds. The van der Waals surface area contributed by atoms with Gasteiger partial charge in [0.15, 0.2) is 0 Å². The fourth-order valence-electron chi connectivity index (χ4n) is 3.32. The first-order valence-electron chi connectivity index (χ1n) is 8.85. The van der Waals surface area contributed by atoms with E-state index in [-0.39, 0.29) is 23.2 Å². The number of hydrogen-bond donors (Lipinski definition) is 0. The monoisotopic (exact) mass is 387 g/mol. The molecular weight excluding hydrogens is 371 g/mol. The molecule has 0 bridgehead atoms. The van der Waals surface area contributed by atoms with Crippen molar-refractivity contribution < 1.29 is 22.5 Å². The van der Waals surface area contributed by atoms with E-state index in [9.17, 15) is 18.0 Å². The average Bonchev–Trinajstić information content (AvgIpc) is 3.18. The molecule has 0 N–H and O–H groups in total. The Balaban J connectivity index is 1.51. The van der Waals surface area contributed by atoms with Crippen LogP contribution < -0.4 is 0 Å². The minimum Gasteiger partial charge on any atom is -0.339 e. The first-order chi connectivity index (χ1) is 13.5. The van der Waals surface area contributed by atoms with Crippen LogP contribution in [0.1, 0.15) is 35.0 Å². The highest BCUT2D eigenvalue weighted by Gasteiger charge is 2.29. The van der Waals surface area contributed by atoms with Gasteiger partial charge < -0.3 is 9.42 Å². The zero-order valence-electron chi connectivity index (χ0n) is 14.7. The summed E-state index contributed by atoms with van der Waals surface area (Å²) in [6.45, 7) is 0.935. The maximum Gasteiger partial charge on any atom is 0.253 e. The molecule has 4 rings (SSSR count). The summed E-state index contributed by atoms with van der Waals surface area (Å²) < 4.78 is 45.4. The number of halogens is 3. The molecule has 1 fully saturated rings.